The van der Waals surface area contributed by atoms with Crippen molar-refractivity contribution in [1.29, 1.82) is 0 Å². The molecule has 3 saturated heterocycles. The molecule has 2 bridgehead atoms. The summed E-state index contributed by atoms with van der Waals surface area (Å²) in [6.45, 7) is 4.06. The molecule has 1 aromatic rings. The summed E-state index contributed by atoms with van der Waals surface area (Å²) < 4.78 is 13.2. The minimum atomic E-state index is -0.539. The SMILES string of the molecule is Oc1c(F)cccc1CNC1CN2CCC1CC2. The van der Waals surface area contributed by atoms with E-state index in [0.29, 0.717) is 18.2 Å². The Hall–Kier alpha value is -1.13. The molecular weight excluding hydrogens is 231 g/mol. The molecule has 4 rings (SSSR count). The molecule has 1 unspecified atom stereocenters. The maximum absolute atomic E-state index is 13.2. The van der Waals surface area contributed by atoms with Crippen molar-refractivity contribution in [3.8, 4) is 5.75 Å². The van der Waals surface area contributed by atoms with Crippen LogP contribution in [0.3, 0.4) is 0 Å². The van der Waals surface area contributed by atoms with E-state index in [-0.39, 0.29) is 5.75 Å². The van der Waals surface area contributed by atoms with Gasteiger partial charge in [-0.3, -0.25) is 0 Å². The Bertz CT molecular complexity index is 430. The van der Waals surface area contributed by atoms with Gasteiger partial charge in [-0.1, -0.05) is 12.1 Å². The van der Waals surface area contributed by atoms with E-state index in [0.717, 1.165) is 12.5 Å². The van der Waals surface area contributed by atoms with Crippen LogP contribution in [0.4, 0.5) is 4.39 Å². The van der Waals surface area contributed by atoms with Gasteiger partial charge in [-0.25, -0.2) is 4.39 Å². The molecule has 0 spiro atoms. The number of phenols is 1. The van der Waals surface area contributed by atoms with Crippen LogP contribution in [0.1, 0.15) is 18.4 Å². The van der Waals surface area contributed by atoms with E-state index in [1.54, 1.807) is 12.1 Å². The van der Waals surface area contributed by atoms with Crippen LogP contribution in [-0.4, -0.2) is 35.7 Å². The lowest BCUT2D eigenvalue weighted by Crippen LogP contribution is -2.55. The van der Waals surface area contributed by atoms with Crippen LogP contribution in [0.15, 0.2) is 18.2 Å². The minimum Gasteiger partial charge on any atom is -0.505 e. The number of aromatic hydroxyl groups is 1. The Balaban J connectivity index is 1.63. The Morgan fingerprint density at radius 2 is 2.11 bits per heavy atom. The summed E-state index contributed by atoms with van der Waals surface area (Å²) in [7, 11) is 0. The number of benzene rings is 1. The first-order valence-corrected chi connectivity index (χ1v) is 6.66. The Morgan fingerprint density at radius 3 is 2.78 bits per heavy atom. The zero-order valence-corrected chi connectivity index (χ0v) is 10.4. The minimum absolute atomic E-state index is 0.216. The van der Waals surface area contributed by atoms with Gasteiger partial charge in [0, 0.05) is 24.7 Å². The fraction of sp³-hybridized carbons (Fsp3) is 0.571. The van der Waals surface area contributed by atoms with E-state index in [2.05, 4.69) is 10.2 Å². The quantitative estimate of drug-likeness (QED) is 0.857. The molecule has 1 aromatic carbocycles. The van der Waals surface area contributed by atoms with Crippen LogP contribution in [0.25, 0.3) is 0 Å². The molecule has 3 aliphatic rings. The lowest BCUT2D eigenvalue weighted by molar-refractivity contribution is 0.0719. The van der Waals surface area contributed by atoms with Gasteiger partial charge >= 0.3 is 0 Å². The van der Waals surface area contributed by atoms with Gasteiger partial charge in [0.15, 0.2) is 11.6 Å². The molecule has 1 atom stereocenters. The maximum Gasteiger partial charge on any atom is 0.165 e. The van der Waals surface area contributed by atoms with Crippen molar-refractivity contribution < 1.29 is 9.50 Å². The monoisotopic (exact) mass is 250 g/mol. The van der Waals surface area contributed by atoms with Gasteiger partial charge in [0.1, 0.15) is 0 Å². The molecule has 0 saturated carbocycles. The summed E-state index contributed by atoms with van der Waals surface area (Å²) in [5, 5.41) is 13.1. The smallest absolute Gasteiger partial charge is 0.165 e. The molecule has 0 amide bonds. The van der Waals surface area contributed by atoms with Crippen molar-refractivity contribution in [2.24, 2.45) is 5.92 Å². The number of nitrogens with zero attached hydrogens (tertiary/aromatic N) is 1. The number of piperidine rings is 3. The van der Waals surface area contributed by atoms with Crippen LogP contribution in [-0.2, 0) is 6.54 Å². The fourth-order valence-corrected chi connectivity index (χ4v) is 3.14. The van der Waals surface area contributed by atoms with Crippen molar-refractivity contribution in [3.05, 3.63) is 29.6 Å². The Kier molecular flexibility index (Phi) is 3.22. The average molecular weight is 250 g/mol. The number of hydrogen-bond donors (Lipinski definition) is 2. The lowest BCUT2D eigenvalue weighted by Gasteiger charge is -2.45. The Morgan fingerprint density at radius 1 is 1.33 bits per heavy atom. The van der Waals surface area contributed by atoms with E-state index in [1.807, 2.05) is 0 Å². The highest BCUT2D eigenvalue weighted by Gasteiger charge is 2.33. The number of phenolic OH excluding ortho intramolecular Hbond substituents is 1. The predicted molar refractivity (Wildman–Crippen MR) is 67.9 cm³/mol. The van der Waals surface area contributed by atoms with Crippen molar-refractivity contribution in [2.75, 3.05) is 19.6 Å². The summed E-state index contributed by atoms with van der Waals surface area (Å²) in [6.07, 6.45) is 2.51. The molecule has 3 fully saturated rings. The van der Waals surface area contributed by atoms with Gasteiger partial charge in [-0.15, -0.1) is 0 Å². The molecule has 3 nitrogen and oxygen atoms in total. The van der Waals surface area contributed by atoms with Crippen molar-refractivity contribution in [3.63, 3.8) is 0 Å². The lowest BCUT2D eigenvalue weighted by atomic mass is 9.84. The first-order chi connectivity index (χ1) is 8.74. The first-order valence-electron chi connectivity index (χ1n) is 6.66. The number of rotatable bonds is 3. The summed E-state index contributed by atoms with van der Waals surface area (Å²) in [6, 6.07) is 5.18. The van der Waals surface area contributed by atoms with Crippen LogP contribution < -0.4 is 5.32 Å². The summed E-state index contributed by atoms with van der Waals surface area (Å²) in [5.41, 5.74) is 0.645. The van der Waals surface area contributed by atoms with Gasteiger partial charge < -0.3 is 15.3 Å². The zero-order chi connectivity index (χ0) is 12.5. The number of fused-ring (bicyclic) bond motifs is 3. The van der Waals surface area contributed by atoms with E-state index in [4.69, 9.17) is 0 Å². The molecular formula is C14H19FN2O. The van der Waals surface area contributed by atoms with E-state index in [1.165, 1.54) is 32.0 Å². The molecule has 0 aliphatic carbocycles. The summed E-state index contributed by atoms with van der Waals surface area (Å²) in [5.74, 6) is -0.0137. The maximum atomic E-state index is 13.2. The second-order valence-corrected chi connectivity index (χ2v) is 5.37. The van der Waals surface area contributed by atoms with Gasteiger partial charge in [0.05, 0.1) is 0 Å². The number of para-hydroxylation sites is 1. The average Bonchev–Trinajstić information content (AvgIpc) is 2.42. The van der Waals surface area contributed by atoms with Crippen molar-refractivity contribution >= 4 is 0 Å². The third-order valence-corrected chi connectivity index (χ3v) is 4.28. The highest BCUT2D eigenvalue weighted by Crippen LogP contribution is 2.28. The zero-order valence-electron chi connectivity index (χ0n) is 10.4. The summed E-state index contributed by atoms with van der Waals surface area (Å²) >= 11 is 0. The molecule has 3 heterocycles. The largest absolute Gasteiger partial charge is 0.505 e. The number of hydrogen-bond acceptors (Lipinski definition) is 3. The van der Waals surface area contributed by atoms with Gasteiger partial charge in [0.2, 0.25) is 0 Å². The number of nitrogens with one attached hydrogen (secondary N) is 1. The summed E-state index contributed by atoms with van der Waals surface area (Å²) in [4.78, 5) is 2.48. The predicted octanol–water partition coefficient (Wildman–Crippen LogP) is 1.72. The highest BCUT2D eigenvalue weighted by atomic mass is 19.1. The molecule has 98 valence electrons. The third-order valence-electron chi connectivity index (χ3n) is 4.28. The van der Waals surface area contributed by atoms with E-state index < -0.39 is 5.82 Å². The van der Waals surface area contributed by atoms with Crippen LogP contribution >= 0.6 is 0 Å². The molecule has 18 heavy (non-hydrogen) atoms. The van der Waals surface area contributed by atoms with Crippen molar-refractivity contribution in [1.82, 2.24) is 10.2 Å². The second-order valence-electron chi connectivity index (χ2n) is 5.37. The second kappa shape index (κ2) is 4.86. The molecule has 0 aromatic heterocycles. The topological polar surface area (TPSA) is 35.5 Å². The normalized spacial score (nSPS) is 30.6. The van der Waals surface area contributed by atoms with Gasteiger partial charge in [-0.2, -0.15) is 0 Å². The standard InChI is InChI=1S/C14H19FN2O/c15-12-3-1-2-11(14(12)18)8-16-13-9-17-6-4-10(13)5-7-17/h1-3,10,13,16,18H,4-9H2. The van der Waals surface area contributed by atoms with E-state index >= 15 is 0 Å². The first kappa shape index (κ1) is 11.9. The highest BCUT2D eigenvalue weighted by molar-refractivity contribution is 5.33. The van der Waals surface area contributed by atoms with Crippen LogP contribution in [0.5, 0.6) is 5.75 Å². The van der Waals surface area contributed by atoms with Crippen molar-refractivity contribution in [2.45, 2.75) is 25.4 Å². The third kappa shape index (κ3) is 2.22. The molecule has 3 aliphatic heterocycles. The van der Waals surface area contributed by atoms with E-state index in [9.17, 15) is 9.50 Å². The molecule has 0 radical (unpaired) electrons. The molecule has 4 heteroatoms. The fourth-order valence-electron chi connectivity index (χ4n) is 3.14. The molecule has 2 N–H and O–H groups in total. The van der Waals surface area contributed by atoms with Gasteiger partial charge in [-0.05, 0) is 37.9 Å². The van der Waals surface area contributed by atoms with Crippen LogP contribution in [0.2, 0.25) is 0 Å². The number of halogens is 1. The Labute approximate surface area is 107 Å². The van der Waals surface area contributed by atoms with Crippen LogP contribution in [0, 0.1) is 11.7 Å². The van der Waals surface area contributed by atoms with Gasteiger partial charge in [0.25, 0.3) is 0 Å².